The quantitative estimate of drug-likeness (QED) is 0.122. The second-order valence-electron chi connectivity index (χ2n) is 36.0. The van der Waals surface area contributed by atoms with Crippen LogP contribution in [0.4, 0.5) is 0 Å². The number of fused-ring (bicyclic) bond motifs is 24. The third-order valence-corrected chi connectivity index (χ3v) is 28.4. The van der Waals surface area contributed by atoms with Gasteiger partial charge in [-0.15, -0.1) is 0 Å². The van der Waals surface area contributed by atoms with Crippen molar-refractivity contribution in [3.05, 3.63) is 505 Å². The van der Waals surface area contributed by atoms with Gasteiger partial charge in [0, 0.05) is 76.0 Å². The lowest BCUT2D eigenvalue weighted by Crippen LogP contribution is -2.25. The minimum Gasteiger partial charge on any atom is -0.309 e. The number of aromatic nitrogens is 9. The van der Waals surface area contributed by atoms with Crippen molar-refractivity contribution in [2.24, 2.45) is 0 Å². The topological polar surface area (TPSA) is 83.3 Å². The van der Waals surface area contributed by atoms with Crippen molar-refractivity contribution in [3.63, 3.8) is 0 Å². The maximum absolute atomic E-state index is 6.53. The maximum atomic E-state index is 6.53. The van der Waals surface area contributed by atoms with Crippen molar-refractivity contribution in [2.45, 2.75) is 12.8 Å². The van der Waals surface area contributed by atoms with Crippen LogP contribution in [0, 0.1) is 0 Å². The lowest BCUT2D eigenvalue weighted by molar-refractivity contribution is -0.502. The number of rotatable bonds is 6. The number of benzene rings is 21. The molecule has 0 atom stereocenters. The molecule has 7 aromatic heterocycles. The van der Waals surface area contributed by atoms with E-state index in [2.05, 4.69) is 417 Å². The van der Waals surface area contributed by atoms with E-state index in [4.69, 9.17) is 54.7 Å². The van der Waals surface area contributed by atoms with E-state index in [9.17, 15) is 0 Å². The lowest BCUT2D eigenvalue weighted by Gasteiger charge is -2.13. The van der Waals surface area contributed by atoms with Crippen LogP contribution in [0.5, 0.6) is 0 Å². The van der Waals surface area contributed by atoms with Gasteiger partial charge in [-0.25, -0.2) is 19.9 Å². The standard InChI is InChI=1S/C46H28N4.C34H20ClN3.C18H12ClN2.C17H11Cl.C13H10/c1-2-12-30-25-33(22-21-29(30)11-1)45-38-17-5-8-18-40(38)47-46(48-45)50-43-27-32-14-4-3-13-31(32)26-39(43)37-24-23-34(28-44(37)50)49-41-19-9-6-15-35(41)36-16-7-10-20-42(36)49;35-26-15-16-27-29-18-23-9-3-4-10-24(23)19-31(29)38(32(27)20-26)34-36-30-12-6-5-11-28(30)33(37-34)25-14-13-21-7-1-2-8-22(21)17-25;19-17-12-16-7-3-4-10-21(16)18(20-17)15-9-8-13-5-1-2-6-14(13)11-15;18-15-5-6-16-14(9-15)8-13-7-11-3-1-2-4-12(11)10-17(13)16;1-3-7-12-10(5-1)9-11-6-2-4-8-13(11)12/h1-28H;1-20H;1-12H;1-7,9-10H,8H2;1-8H,9H2/q;;+1;;. The van der Waals surface area contributed by atoms with Crippen LogP contribution < -0.4 is 4.40 Å². The fraction of sp³-hybridized carbons (Fsp3) is 0.0156. The summed E-state index contributed by atoms with van der Waals surface area (Å²) in [7, 11) is 0. The van der Waals surface area contributed by atoms with Gasteiger partial charge in [-0.3, -0.25) is 9.13 Å². The Morgan fingerprint density at radius 1 is 0.214 bits per heavy atom. The van der Waals surface area contributed by atoms with E-state index in [0.717, 1.165) is 118 Å². The van der Waals surface area contributed by atoms with Crippen LogP contribution in [-0.4, -0.2) is 38.6 Å². The van der Waals surface area contributed by atoms with Gasteiger partial charge >= 0.3 is 5.82 Å². The molecule has 2 aliphatic rings. The summed E-state index contributed by atoms with van der Waals surface area (Å²) in [6, 6.07) is 162. The summed E-state index contributed by atoms with van der Waals surface area (Å²) in [5, 5.41) is 25.8. The van der Waals surface area contributed by atoms with Crippen molar-refractivity contribution < 1.29 is 4.40 Å². The molecule has 9 nitrogen and oxygen atoms in total. The SMILES string of the molecule is Clc1cc2cccc[n+]2c(-c2ccc3ccccc3c2)n1.Clc1ccc2c(c1)Cc1cc3ccccc3cc1-2.Clc1ccc2c3cc4ccccc4cc3n(-c3nc(-c4ccc5ccccc5c4)c4ccccc4n3)c2c1.c1ccc2c(c1)Cc1ccccc1-2.c1ccc2cc(-c3nc(-n4c5cc(-n6c7ccccc7c7ccccc76)ccc5c5cc6ccccc6cc54)nc4ccccc34)ccc2c1. The molecule has 2 aliphatic carbocycles. The van der Waals surface area contributed by atoms with Gasteiger partial charge < -0.3 is 4.57 Å². The van der Waals surface area contributed by atoms with Crippen molar-refractivity contribution in [3.8, 4) is 73.7 Å². The highest BCUT2D eigenvalue weighted by molar-refractivity contribution is 6.32. The normalized spacial score (nSPS) is 11.9. The molecule has 0 saturated heterocycles. The predicted molar refractivity (Wildman–Crippen MR) is 585 cm³/mol. The van der Waals surface area contributed by atoms with Crippen LogP contribution >= 0.6 is 34.8 Å². The number of para-hydroxylation sites is 4. The van der Waals surface area contributed by atoms with Crippen molar-refractivity contribution in [1.29, 1.82) is 0 Å². The Hall–Kier alpha value is -17.3. The molecule has 140 heavy (non-hydrogen) atoms. The largest absolute Gasteiger partial charge is 0.337 e. The number of halogens is 3. The monoisotopic (exact) mass is 1850 g/mol. The highest BCUT2D eigenvalue weighted by Crippen LogP contribution is 2.45. The Kier molecular flexibility index (Phi) is 20.7. The molecular formula is C128H81Cl3N9+. The first-order chi connectivity index (χ1) is 69.1. The number of hydrogen-bond acceptors (Lipinski definition) is 5. The zero-order chi connectivity index (χ0) is 93.0. The molecule has 0 N–H and O–H groups in total. The Bertz CT molecular complexity index is 9850. The van der Waals surface area contributed by atoms with Gasteiger partial charge in [0.25, 0.3) is 0 Å². The predicted octanol–water partition coefficient (Wildman–Crippen LogP) is 33.8. The van der Waals surface area contributed by atoms with Crippen molar-refractivity contribution >= 4 is 192 Å². The highest BCUT2D eigenvalue weighted by Gasteiger charge is 2.26. The lowest BCUT2D eigenvalue weighted by atomic mass is 10.0. The minimum atomic E-state index is 0.504. The van der Waals surface area contributed by atoms with E-state index in [1.807, 2.05) is 72.9 Å². The van der Waals surface area contributed by atoms with E-state index in [1.54, 1.807) is 0 Å². The number of pyridine rings is 1. The van der Waals surface area contributed by atoms with Gasteiger partial charge in [-0.2, -0.15) is 4.40 Å². The van der Waals surface area contributed by atoms with Crippen LogP contribution in [0.3, 0.4) is 0 Å². The molecule has 0 unspecified atom stereocenters. The summed E-state index contributed by atoms with van der Waals surface area (Å²) >= 11 is 18.8. The first kappa shape index (κ1) is 83.3. The molecular weight excluding hydrogens is 1770 g/mol. The van der Waals surface area contributed by atoms with Gasteiger partial charge in [-0.05, 0) is 266 Å². The van der Waals surface area contributed by atoms with Crippen LogP contribution in [0.2, 0.25) is 15.2 Å². The molecule has 12 heteroatoms. The molecule has 7 heterocycles. The molecule has 21 aromatic carbocycles. The molecule has 0 radical (unpaired) electrons. The summed E-state index contributed by atoms with van der Waals surface area (Å²) in [6.07, 6.45) is 4.10. The second-order valence-corrected chi connectivity index (χ2v) is 37.3. The van der Waals surface area contributed by atoms with Gasteiger partial charge in [0.2, 0.25) is 17.0 Å². The third kappa shape index (κ3) is 15.0. The Morgan fingerprint density at radius 3 is 1.14 bits per heavy atom. The van der Waals surface area contributed by atoms with E-state index in [-0.39, 0.29) is 0 Å². The second kappa shape index (κ2) is 34.8. The van der Waals surface area contributed by atoms with Gasteiger partial charge in [0.1, 0.15) is 5.52 Å². The highest BCUT2D eigenvalue weighted by atomic mass is 35.5. The molecule has 0 spiro atoms. The smallest absolute Gasteiger partial charge is 0.309 e. The van der Waals surface area contributed by atoms with E-state index >= 15 is 0 Å². The zero-order valence-electron chi connectivity index (χ0n) is 75.5. The first-order valence-corrected chi connectivity index (χ1v) is 48.3. The van der Waals surface area contributed by atoms with Crippen LogP contribution in [0.1, 0.15) is 22.3 Å². The summed E-state index contributed by atoms with van der Waals surface area (Å²) in [5.74, 6) is 2.13. The molecule has 658 valence electrons. The number of hydrogen-bond donors (Lipinski definition) is 0. The van der Waals surface area contributed by atoms with Crippen molar-refractivity contribution in [2.75, 3.05) is 0 Å². The molecule has 0 amide bonds. The molecule has 0 aliphatic heterocycles. The fourth-order valence-electron chi connectivity index (χ4n) is 21.1. The Morgan fingerprint density at radius 2 is 0.593 bits per heavy atom. The fourth-order valence-corrected chi connectivity index (χ4v) is 21.7. The molecule has 28 aromatic rings. The van der Waals surface area contributed by atoms with Crippen molar-refractivity contribution in [1.82, 2.24) is 38.6 Å². The van der Waals surface area contributed by atoms with E-state index in [1.165, 1.54) is 142 Å². The van der Waals surface area contributed by atoms with Gasteiger partial charge in [0.15, 0.2) is 0 Å². The average Bonchev–Trinajstić information content (AvgIpc) is 1.56. The van der Waals surface area contributed by atoms with Crippen LogP contribution in [0.15, 0.2) is 467 Å². The number of nitrogens with zero attached hydrogens (tertiary/aromatic N) is 9. The Balaban J connectivity index is 0.0000000978. The van der Waals surface area contributed by atoms with Gasteiger partial charge in [0.05, 0.1) is 67.3 Å². The van der Waals surface area contributed by atoms with Crippen LogP contribution in [0.25, 0.3) is 231 Å². The third-order valence-electron chi connectivity index (χ3n) is 27.7. The molecule has 0 bridgehead atoms. The maximum Gasteiger partial charge on any atom is 0.337 e. The van der Waals surface area contributed by atoms with Gasteiger partial charge in [-0.1, -0.05) is 351 Å². The van der Waals surface area contributed by atoms with Crippen LogP contribution in [-0.2, 0) is 12.8 Å². The van der Waals surface area contributed by atoms with E-state index in [0.29, 0.717) is 22.1 Å². The first-order valence-electron chi connectivity index (χ1n) is 47.1. The average molecular weight is 1850 g/mol. The zero-order valence-corrected chi connectivity index (χ0v) is 77.8. The molecule has 0 saturated carbocycles. The minimum absolute atomic E-state index is 0.504. The summed E-state index contributed by atoms with van der Waals surface area (Å²) < 4.78 is 8.85. The summed E-state index contributed by atoms with van der Waals surface area (Å²) in [4.78, 5) is 25.6. The Labute approximate surface area is 820 Å². The summed E-state index contributed by atoms with van der Waals surface area (Å²) in [5.41, 5.74) is 26.7. The molecule has 0 fully saturated rings. The van der Waals surface area contributed by atoms with E-state index < -0.39 is 0 Å². The summed E-state index contributed by atoms with van der Waals surface area (Å²) in [6.45, 7) is 0. The molecule has 30 rings (SSSR count).